The van der Waals surface area contributed by atoms with Gasteiger partial charge in [-0.3, -0.25) is 0 Å². The molecule has 1 unspecified atom stereocenters. The zero-order valence-corrected chi connectivity index (χ0v) is 12.0. The summed E-state index contributed by atoms with van der Waals surface area (Å²) in [4.78, 5) is 0. The summed E-state index contributed by atoms with van der Waals surface area (Å²) in [7, 11) is 1.94. The molecule has 2 rings (SSSR count). The van der Waals surface area contributed by atoms with E-state index >= 15 is 0 Å². The first-order valence-corrected chi connectivity index (χ1v) is 6.98. The molecule has 0 fully saturated rings. The third-order valence-electron chi connectivity index (χ3n) is 2.77. The maximum Gasteiger partial charge on any atom is 0.0599 e. The van der Waals surface area contributed by atoms with Crippen molar-refractivity contribution >= 4 is 34.5 Å². The van der Waals surface area contributed by atoms with Gasteiger partial charge in [0.15, 0.2) is 0 Å². The van der Waals surface area contributed by atoms with Gasteiger partial charge in [-0.2, -0.15) is 11.3 Å². The lowest BCUT2D eigenvalue weighted by molar-refractivity contribution is 0.690. The Morgan fingerprint density at radius 2 is 1.94 bits per heavy atom. The monoisotopic (exact) mass is 285 g/mol. The van der Waals surface area contributed by atoms with Gasteiger partial charge < -0.3 is 5.32 Å². The summed E-state index contributed by atoms with van der Waals surface area (Å²) in [6.45, 7) is 2.11. The highest BCUT2D eigenvalue weighted by atomic mass is 35.5. The van der Waals surface area contributed by atoms with Crippen LogP contribution in [0.25, 0.3) is 0 Å². The van der Waals surface area contributed by atoms with Gasteiger partial charge in [-0.1, -0.05) is 29.3 Å². The SMILES string of the molecule is CNC(c1cscc1C)c1ccc(Cl)cc1Cl. The number of halogens is 2. The van der Waals surface area contributed by atoms with Crippen molar-refractivity contribution in [2.45, 2.75) is 13.0 Å². The van der Waals surface area contributed by atoms with Crippen molar-refractivity contribution in [2.75, 3.05) is 7.05 Å². The van der Waals surface area contributed by atoms with Crippen LogP contribution < -0.4 is 5.32 Å². The first-order chi connectivity index (χ1) is 8.13. The maximum atomic E-state index is 6.25. The lowest BCUT2D eigenvalue weighted by Crippen LogP contribution is -2.18. The predicted octanol–water partition coefficient (Wildman–Crippen LogP) is 4.67. The Hall–Kier alpha value is -0.540. The molecule has 0 saturated heterocycles. The Bertz CT molecular complexity index is 522. The molecule has 90 valence electrons. The van der Waals surface area contributed by atoms with E-state index in [0.29, 0.717) is 10.0 Å². The van der Waals surface area contributed by atoms with E-state index in [-0.39, 0.29) is 6.04 Å². The van der Waals surface area contributed by atoms with E-state index in [4.69, 9.17) is 23.2 Å². The third kappa shape index (κ3) is 2.66. The summed E-state index contributed by atoms with van der Waals surface area (Å²) < 4.78 is 0. The first kappa shape index (κ1) is 12.9. The van der Waals surface area contributed by atoms with Gasteiger partial charge in [0.05, 0.1) is 6.04 Å². The van der Waals surface area contributed by atoms with Crippen molar-refractivity contribution in [3.8, 4) is 0 Å². The number of nitrogens with one attached hydrogen (secondary N) is 1. The van der Waals surface area contributed by atoms with Gasteiger partial charge in [-0.25, -0.2) is 0 Å². The van der Waals surface area contributed by atoms with Crippen LogP contribution in [0, 0.1) is 6.92 Å². The van der Waals surface area contributed by atoms with E-state index in [1.807, 2.05) is 19.2 Å². The first-order valence-electron chi connectivity index (χ1n) is 5.28. The molecule has 0 amide bonds. The molecule has 1 atom stereocenters. The van der Waals surface area contributed by atoms with Crippen LogP contribution in [0.1, 0.15) is 22.7 Å². The molecule has 4 heteroatoms. The minimum atomic E-state index is 0.117. The average Bonchev–Trinajstić information content (AvgIpc) is 2.69. The number of hydrogen-bond donors (Lipinski definition) is 1. The third-order valence-corrected chi connectivity index (χ3v) is 4.21. The lowest BCUT2D eigenvalue weighted by atomic mass is 9.98. The van der Waals surface area contributed by atoms with Gasteiger partial charge in [0.2, 0.25) is 0 Å². The Morgan fingerprint density at radius 3 is 2.47 bits per heavy atom. The Morgan fingerprint density at radius 1 is 1.18 bits per heavy atom. The van der Waals surface area contributed by atoms with Crippen molar-refractivity contribution in [1.29, 1.82) is 0 Å². The number of rotatable bonds is 3. The summed E-state index contributed by atoms with van der Waals surface area (Å²) in [6.07, 6.45) is 0. The summed E-state index contributed by atoms with van der Waals surface area (Å²) in [5.41, 5.74) is 3.60. The molecule has 0 saturated carbocycles. The molecule has 0 aliphatic carbocycles. The standard InChI is InChI=1S/C13H13Cl2NS/c1-8-6-17-7-11(8)13(16-2)10-4-3-9(14)5-12(10)15/h3-7,13,16H,1-2H3. The fourth-order valence-electron chi connectivity index (χ4n) is 1.88. The van der Waals surface area contributed by atoms with Crippen molar-refractivity contribution in [3.63, 3.8) is 0 Å². The fourth-order valence-corrected chi connectivity index (χ4v) is 3.27. The van der Waals surface area contributed by atoms with E-state index in [0.717, 1.165) is 5.56 Å². The molecule has 0 spiro atoms. The van der Waals surface area contributed by atoms with Crippen molar-refractivity contribution in [1.82, 2.24) is 5.32 Å². The molecule has 1 aromatic carbocycles. The van der Waals surface area contributed by atoms with E-state index in [1.165, 1.54) is 11.1 Å². The molecule has 1 heterocycles. The molecule has 17 heavy (non-hydrogen) atoms. The van der Waals surface area contributed by atoms with Gasteiger partial charge in [0.1, 0.15) is 0 Å². The number of thiophene rings is 1. The molecule has 0 radical (unpaired) electrons. The second kappa shape index (κ2) is 5.40. The second-order valence-corrected chi connectivity index (χ2v) is 5.48. The van der Waals surface area contributed by atoms with Crippen LogP contribution in [-0.4, -0.2) is 7.05 Å². The minimum Gasteiger partial charge on any atom is -0.309 e. The molecule has 0 aliphatic heterocycles. The van der Waals surface area contributed by atoms with Gasteiger partial charge in [-0.15, -0.1) is 0 Å². The fraction of sp³-hybridized carbons (Fsp3) is 0.231. The average molecular weight is 286 g/mol. The molecule has 1 aromatic heterocycles. The topological polar surface area (TPSA) is 12.0 Å². The number of aryl methyl sites for hydroxylation is 1. The number of hydrogen-bond acceptors (Lipinski definition) is 2. The van der Waals surface area contributed by atoms with Gasteiger partial charge in [0.25, 0.3) is 0 Å². The van der Waals surface area contributed by atoms with Crippen LogP contribution in [0.4, 0.5) is 0 Å². The smallest absolute Gasteiger partial charge is 0.0599 e. The quantitative estimate of drug-likeness (QED) is 0.864. The Balaban J connectivity index is 2.46. The van der Waals surface area contributed by atoms with E-state index in [9.17, 15) is 0 Å². The highest BCUT2D eigenvalue weighted by Crippen LogP contribution is 2.32. The second-order valence-electron chi connectivity index (χ2n) is 3.90. The molecule has 1 N–H and O–H groups in total. The lowest BCUT2D eigenvalue weighted by Gasteiger charge is -2.18. The Kier molecular flexibility index (Phi) is 4.10. The van der Waals surface area contributed by atoms with Crippen LogP contribution in [0.2, 0.25) is 10.0 Å². The van der Waals surface area contributed by atoms with Crippen LogP contribution in [0.15, 0.2) is 29.0 Å². The summed E-state index contributed by atoms with van der Waals surface area (Å²) in [5.74, 6) is 0. The van der Waals surface area contributed by atoms with E-state index in [1.54, 1.807) is 17.4 Å². The van der Waals surface area contributed by atoms with Gasteiger partial charge >= 0.3 is 0 Å². The maximum absolute atomic E-state index is 6.25. The molecule has 2 aromatic rings. The Labute approximate surface area is 115 Å². The van der Waals surface area contributed by atoms with Crippen LogP contribution in [-0.2, 0) is 0 Å². The normalized spacial score (nSPS) is 12.7. The highest BCUT2D eigenvalue weighted by Gasteiger charge is 2.17. The minimum absolute atomic E-state index is 0.117. The zero-order valence-electron chi connectivity index (χ0n) is 9.63. The van der Waals surface area contributed by atoms with Crippen LogP contribution in [0.3, 0.4) is 0 Å². The largest absolute Gasteiger partial charge is 0.309 e. The van der Waals surface area contributed by atoms with Crippen molar-refractivity contribution < 1.29 is 0 Å². The van der Waals surface area contributed by atoms with E-state index < -0.39 is 0 Å². The van der Waals surface area contributed by atoms with Crippen LogP contribution in [0.5, 0.6) is 0 Å². The molecule has 0 bridgehead atoms. The van der Waals surface area contributed by atoms with Gasteiger partial charge in [0, 0.05) is 10.0 Å². The predicted molar refractivity (Wildman–Crippen MR) is 76.4 cm³/mol. The summed E-state index contributed by atoms with van der Waals surface area (Å²) in [6, 6.07) is 5.74. The highest BCUT2D eigenvalue weighted by molar-refractivity contribution is 7.08. The van der Waals surface area contributed by atoms with Crippen molar-refractivity contribution in [3.05, 3.63) is 55.7 Å². The number of benzene rings is 1. The zero-order chi connectivity index (χ0) is 12.4. The van der Waals surface area contributed by atoms with Gasteiger partial charge in [-0.05, 0) is 53.6 Å². The summed E-state index contributed by atoms with van der Waals surface area (Å²) >= 11 is 13.9. The van der Waals surface area contributed by atoms with Crippen LogP contribution >= 0.6 is 34.5 Å². The van der Waals surface area contributed by atoms with E-state index in [2.05, 4.69) is 23.0 Å². The molecule has 0 aliphatic rings. The molecular weight excluding hydrogens is 273 g/mol. The summed E-state index contributed by atoms with van der Waals surface area (Å²) in [5, 5.41) is 8.96. The molecular formula is C13H13Cl2NS. The molecule has 1 nitrogen and oxygen atoms in total. The van der Waals surface area contributed by atoms with Crippen molar-refractivity contribution in [2.24, 2.45) is 0 Å².